The van der Waals surface area contributed by atoms with Crippen LogP contribution >= 0.6 is 0 Å². The number of benzene rings is 1. The molecule has 2 fully saturated rings. The third-order valence-electron chi connectivity index (χ3n) is 4.89. The molecule has 2 heterocycles. The predicted octanol–water partition coefficient (Wildman–Crippen LogP) is 1.81. The number of amides is 1. The van der Waals surface area contributed by atoms with Crippen molar-refractivity contribution in [3.63, 3.8) is 0 Å². The van der Waals surface area contributed by atoms with Crippen LogP contribution in [0.15, 0.2) is 24.3 Å². The molecule has 0 N–H and O–H groups in total. The van der Waals surface area contributed by atoms with Crippen LogP contribution in [-0.2, 0) is 16.1 Å². The molecule has 24 heavy (non-hydrogen) atoms. The Morgan fingerprint density at radius 2 is 2.12 bits per heavy atom. The number of nitrogens with zero attached hydrogens (tertiary/aromatic N) is 3. The Balaban J connectivity index is 1.72. The van der Waals surface area contributed by atoms with Gasteiger partial charge in [-0.05, 0) is 19.4 Å². The van der Waals surface area contributed by atoms with Gasteiger partial charge in [-0.1, -0.05) is 18.2 Å². The van der Waals surface area contributed by atoms with Crippen molar-refractivity contribution in [3.8, 4) is 0 Å². The van der Waals surface area contributed by atoms with E-state index in [0.29, 0.717) is 32.8 Å². The van der Waals surface area contributed by atoms with Gasteiger partial charge in [-0.2, -0.15) is 0 Å². The largest absolute Gasteiger partial charge is 0.370 e. The van der Waals surface area contributed by atoms with Gasteiger partial charge in [0, 0.05) is 38.2 Å². The maximum Gasteiger partial charge on any atom is 0.273 e. The molecule has 2 aliphatic rings. The van der Waals surface area contributed by atoms with E-state index in [9.17, 15) is 14.9 Å². The van der Waals surface area contributed by atoms with Crippen LogP contribution in [0.4, 0.5) is 5.69 Å². The summed E-state index contributed by atoms with van der Waals surface area (Å²) in [4.78, 5) is 26.6. The van der Waals surface area contributed by atoms with E-state index < -0.39 is 0 Å². The normalized spacial score (nSPS) is 25.0. The van der Waals surface area contributed by atoms with Gasteiger partial charge in [-0.15, -0.1) is 0 Å². The minimum Gasteiger partial charge on any atom is -0.370 e. The number of carbonyl (C=O) groups excluding carboxylic acids is 1. The van der Waals surface area contributed by atoms with E-state index in [4.69, 9.17) is 4.74 Å². The minimum atomic E-state index is -0.342. The summed E-state index contributed by atoms with van der Waals surface area (Å²) in [5, 5.41) is 11.2. The summed E-state index contributed by atoms with van der Waals surface area (Å²) < 4.78 is 6.06. The topological polar surface area (TPSA) is 75.9 Å². The average molecular weight is 333 g/mol. The van der Waals surface area contributed by atoms with Gasteiger partial charge in [0.25, 0.3) is 5.69 Å². The first kappa shape index (κ1) is 16.9. The first-order valence-electron chi connectivity index (χ1n) is 8.33. The van der Waals surface area contributed by atoms with E-state index in [-0.39, 0.29) is 22.1 Å². The number of nitro benzene ring substituents is 1. The molecule has 1 spiro atoms. The monoisotopic (exact) mass is 333 g/mol. The zero-order valence-electron chi connectivity index (χ0n) is 13.9. The molecule has 7 heteroatoms. The van der Waals surface area contributed by atoms with Gasteiger partial charge >= 0.3 is 0 Å². The Labute approximate surface area is 141 Å². The van der Waals surface area contributed by atoms with Crippen LogP contribution in [0, 0.1) is 10.1 Å². The van der Waals surface area contributed by atoms with Gasteiger partial charge in [-0.3, -0.25) is 19.8 Å². The lowest BCUT2D eigenvalue weighted by molar-refractivity contribution is -0.385. The SMILES string of the molecule is CC(=O)N1CCOC2(CCCN(Cc3ccccc3[N+](=O)[O-])C2)C1. The molecule has 1 aromatic rings. The number of hydrogen-bond donors (Lipinski definition) is 0. The highest BCUT2D eigenvalue weighted by Gasteiger charge is 2.41. The maximum absolute atomic E-state index is 11.7. The molecule has 1 amide bonds. The highest BCUT2D eigenvalue weighted by atomic mass is 16.6. The number of nitro groups is 1. The van der Waals surface area contributed by atoms with E-state index in [2.05, 4.69) is 4.90 Å². The zero-order chi connectivity index (χ0) is 17.2. The van der Waals surface area contributed by atoms with Crippen LogP contribution in [-0.4, -0.2) is 59.0 Å². The standard InChI is InChI=1S/C17H23N3O4/c1-14(21)19-9-10-24-17(13-19)7-4-8-18(12-17)11-15-5-2-3-6-16(15)20(22)23/h2-3,5-6H,4,7-13H2,1H3. The fraction of sp³-hybridized carbons (Fsp3) is 0.588. The number of hydrogen-bond acceptors (Lipinski definition) is 5. The second-order valence-corrected chi connectivity index (χ2v) is 6.67. The van der Waals surface area contributed by atoms with E-state index in [1.54, 1.807) is 19.1 Å². The van der Waals surface area contributed by atoms with Crippen molar-refractivity contribution in [3.05, 3.63) is 39.9 Å². The Hall–Kier alpha value is -1.99. The highest BCUT2D eigenvalue weighted by Crippen LogP contribution is 2.31. The summed E-state index contributed by atoms with van der Waals surface area (Å²) in [7, 11) is 0. The number of piperidine rings is 1. The first-order chi connectivity index (χ1) is 11.5. The lowest BCUT2D eigenvalue weighted by Gasteiger charge is -2.48. The minimum absolute atomic E-state index is 0.0773. The van der Waals surface area contributed by atoms with Crippen LogP contribution in [0.1, 0.15) is 25.3 Å². The lowest BCUT2D eigenvalue weighted by atomic mass is 9.90. The summed E-state index contributed by atoms with van der Waals surface area (Å²) in [6, 6.07) is 6.87. The van der Waals surface area contributed by atoms with E-state index in [1.807, 2.05) is 17.0 Å². The number of rotatable bonds is 3. The fourth-order valence-electron chi connectivity index (χ4n) is 3.75. The van der Waals surface area contributed by atoms with Crippen molar-refractivity contribution in [1.82, 2.24) is 9.80 Å². The van der Waals surface area contributed by atoms with Gasteiger partial charge in [0.2, 0.25) is 5.91 Å². The Morgan fingerprint density at radius 1 is 1.33 bits per heavy atom. The van der Waals surface area contributed by atoms with Crippen molar-refractivity contribution < 1.29 is 14.5 Å². The summed E-state index contributed by atoms with van der Waals surface area (Å²) >= 11 is 0. The molecule has 2 aliphatic heterocycles. The average Bonchev–Trinajstić information content (AvgIpc) is 2.55. The molecule has 1 atom stereocenters. The van der Waals surface area contributed by atoms with Crippen LogP contribution in [0.25, 0.3) is 0 Å². The zero-order valence-corrected chi connectivity index (χ0v) is 13.9. The third kappa shape index (κ3) is 3.57. The fourth-order valence-corrected chi connectivity index (χ4v) is 3.75. The summed E-state index contributed by atoms with van der Waals surface area (Å²) in [6.45, 7) is 5.51. The predicted molar refractivity (Wildman–Crippen MR) is 88.5 cm³/mol. The van der Waals surface area contributed by atoms with E-state index >= 15 is 0 Å². The Kier molecular flexibility index (Phi) is 4.82. The molecule has 1 aromatic carbocycles. The van der Waals surface area contributed by atoms with E-state index in [1.165, 1.54) is 0 Å². The van der Waals surface area contributed by atoms with Crippen LogP contribution in [0.2, 0.25) is 0 Å². The molecule has 0 radical (unpaired) electrons. The molecule has 7 nitrogen and oxygen atoms in total. The summed E-state index contributed by atoms with van der Waals surface area (Å²) in [5.74, 6) is 0.0773. The second kappa shape index (κ2) is 6.86. The quantitative estimate of drug-likeness (QED) is 0.623. The number of ether oxygens (including phenoxy) is 1. The summed E-state index contributed by atoms with van der Waals surface area (Å²) in [5.41, 5.74) is 0.539. The Bertz CT molecular complexity index is 632. The summed E-state index contributed by atoms with van der Waals surface area (Å²) in [6.07, 6.45) is 1.89. The van der Waals surface area contributed by atoms with Gasteiger partial charge in [0.15, 0.2) is 0 Å². The molecular formula is C17H23N3O4. The smallest absolute Gasteiger partial charge is 0.273 e. The molecule has 0 saturated carbocycles. The number of morpholine rings is 1. The van der Waals surface area contributed by atoms with Crippen molar-refractivity contribution in [2.45, 2.75) is 31.9 Å². The number of carbonyl (C=O) groups is 1. The molecule has 0 aromatic heterocycles. The third-order valence-corrected chi connectivity index (χ3v) is 4.89. The molecular weight excluding hydrogens is 310 g/mol. The number of likely N-dealkylation sites (tertiary alicyclic amines) is 1. The molecule has 0 aliphatic carbocycles. The lowest BCUT2D eigenvalue weighted by Crippen LogP contribution is -2.60. The van der Waals surface area contributed by atoms with Crippen LogP contribution < -0.4 is 0 Å². The number of para-hydroxylation sites is 1. The van der Waals surface area contributed by atoms with E-state index in [0.717, 1.165) is 24.9 Å². The highest BCUT2D eigenvalue weighted by molar-refractivity contribution is 5.73. The molecule has 1 unspecified atom stereocenters. The molecule has 2 saturated heterocycles. The van der Waals surface area contributed by atoms with Crippen molar-refractivity contribution >= 4 is 11.6 Å². The first-order valence-corrected chi connectivity index (χ1v) is 8.33. The van der Waals surface area contributed by atoms with Crippen molar-refractivity contribution in [2.75, 3.05) is 32.8 Å². The molecule has 3 rings (SSSR count). The van der Waals surface area contributed by atoms with Crippen LogP contribution in [0.3, 0.4) is 0 Å². The van der Waals surface area contributed by atoms with Gasteiger partial charge in [-0.25, -0.2) is 0 Å². The van der Waals surface area contributed by atoms with Gasteiger partial charge in [0.05, 0.1) is 23.7 Å². The maximum atomic E-state index is 11.7. The second-order valence-electron chi connectivity index (χ2n) is 6.67. The van der Waals surface area contributed by atoms with Crippen molar-refractivity contribution in [2.24, 2.45) is 0 Å². The van der Waals surface area contributed by atoms with Gasteiger partial charge < -0.3 is 9.64 Å². The molecule has 130 valence electrons. The van der Waals surface area contributed by atoms with Gasteiger partial charge in [0.1, 0.15) is 0 Å². The Morgan fingerprint density at radius 3 is 2.88 bits per heavy atom. The molecule has 0 bridgehead atoms. The van der Waals surface area contributed by atoms with Crippen LogP contribution in [0.5, 0.6) is 0 Å². The van der Waals surface area contributed by atoms with Crippen molar-refractivity contribution in [1.29, 1.82) is 0 Å².